The van der Waals surface area contributed by atoms with Crippen molar-refractivity contribution in [2.24, 2.45) is 0 Å². The first-order chi connectivity index (χ1) is 9.04. The van der Waals surface area contributed by atoms with Crippen molar-refractivity contribution in [3.8, 4) is 0 Å². The number of methoxy groups -OCH3 is 1. The quantitative estimate of drug-likeness (QED) is 0.740. The minimum atomic E-state index is 0.509. The number of nitrogens with zero attached hydrogens (tertiary/aromatic N) is 1. The van der Waals surface area contributed by atoms with Gasteiger partial charge in [-0.1, -0.05) is 19.9 Å². The first-order valence-corrected chi connectivity index (χ1v) is 7.55. The molecule has 3 nitrogen and oxygen atoms in total. The van der Waals surface area contributed by atoms with Crippen molar-refractivity contribution in [2.45, 2.75) is 32.9 Å². The van der Waals surface area contributed by atoms with Gasteiger partial charge in [0.15, 0.2) is 0 Å². The van der Waals surface area contributed by atoms with Gasteiger partial charge in [-0.2, -0.15) is 0 Å². The number of hydrogen-bond acceptors (Lipinski definition) is 3. The minimum Gasteiger partial charge on any atom is -0.385 e. The molecular formula is C15H25BrN2O. The van der Waals surface area contributed by atoms with E-state index in [-0.39, 0.29) is 0 Å². The van der Waals surface area contributed by atoms with Gasteiger partial charge in [-0.3, -0.25) is 0 Å². The third kappa shape index (κ3) is 5.93. The highest BCUT2D eigenvalue weighted by atomic mass is 79.9. The Labute approximate surface area is 125 Å². The van der Waals surface area contributed by atoms with E-state index in [1.54, 1.807) is 7.11 Å². The number of rotatable bonds is 8. The van der Waals surface area contributed by atoms with Crippen LogP contribution in [0.1, 0.15) is 25.8 Å². The number of ether oxygens (including phenoxy) is 1. The van der Waals surface area contributed by atoms with Crippen LogP contribution in [0.15, 0.2) is 22.7 Å². The van der Waals surface area contributed by atoms with E-state index in [0.717, 1.165) is 30.6 Å². The highest BCUT2D eigenvalue weighted by Gasteiger charge is 2.06. The molecule has 0 saturated carbocycles. The van der Waals surface area contributed by atoms with Crippen molar-refractivity contribution in [3.63, 3.8) is 0 Å². The summed E-state index contributed by atoms with van der Waals surface area (Å²) in [6, 6.07) is 7.06. The maximum Gasteiger partial charge on any atom is 0.0508 e. The second-order valence-corrected chi connectivity index (χ2v) is 5.94. The Morgan fingerprint density at radius 3 is 2.68 bits per heavy atom. The molecule has 1 N–H and O–H groups in total. The Morgan fingerprint density at radius 2 is 2.11 bits per heavy atom. The second-order valence-electron chi connectivity index (χ2n) is 5.09. The molecule has 0 atom stereocenters. The van der Waals surface area contributed by atoms with E-state index in [2.05, 4.69) is 65.2 Å². The Balaban J connectivity index is 2.60. The molecule has 0 spiro atoms. The van der Waals surface area contributed by atoms with Gasteiger partial charge in [-0.15, -0.1) is 0 Å². The predicted molar refractivity (Wildman–Crippen MR) is 85.9 cm³/mol. The molecule has 0 unspecified atom stereocenters. The lowest BCUT2D eigenvalue weighted by Crippen LogP contribution is -2.22. The van der Waals surface area contributed by atoms with Crippen LogP contribution in [0.25, 0.3) is 0 Å². The van der Waals surface area contributed by atoms with Gasteiger partial charge in [-0.25, -0.2) is 0 Å². The molecule has 19 heavy (non-hydrogen) atoms. The van der Waals surface area contributed by atoms with Gasteiger partial charge in [0.25, 0.3) is 0 Å². The van der Waals surface area contributed by atoms with E-state index >= 15 is 0 Å². The number of benzene rings is 1. The molecule has 0 amide bonds. The summed E-state index contributed by atoms with van der Waals surface area (Å²) in [6.45, 7) is 7.03. The maximum absolute atomic E-state index is 5.09. The lowest BCUT2D eigenvalue weighted by Gasteiger charge is -2.21. The average molecular weight is 329 g/mol. The summed E-state index contributed by atoms with van der Waals surface area (Å²) in [5.41, 5.74) is 2.53. The fraction of sp³-hybridized carbons (Fsp3) is 0.600. The molecule has 0 aliphatic heterocycles. The summed E-state index contributed by atoms with van der Waals surface area (Å²) in [5, 5.41) is 3.43. The molecule has 0 fully saturated rings. The number of hydrogen-bond donors (Lipinski definition) is 1. The highest BCUT2D eigenvalue weighted by Crippen LogP contribution is 2.26. The van der Waals surface area contributed by atoms with Gasteiger partial charge < -0.3 is 15.0 Å². The Kier molecular flexibility index (Phi) is 7.42. The smallest absolute Gasteiger partial charge is 0.0508 e. The fourth-order valence-electron chi connectivity index (χ4n) is 1.86. The zero-order chi connectivity index (χ0) is 14.3. The largest absolute Gasteiger partial charge is 0.385 e. The average Bonchev–Trinajstić information content (AvgIpc) is 2.36. The topological polar surface area (TPSA) is 24.5 Å². The van der Waals surface area contributed by atoms with Gasteiger partial charge in [0.2, 0.25) is 0 Å². The van der Waals surface area contributed by atoms with Crippen LogP contribution in [0.3, 0.4) is 0 Å². The van der Waals surface area contributed by atoms with Crippen LogP contribution in [-0.2, 0) is 11.3 Å². The van der Waals surface area contributed by atoms with E-state index in [9.17, 15) is 0 Å². The van der Waals surface area contributed by atoms with Gasteiger partial charge >= 0.3 is 0 Å². The van der Waals surface area contributed by atoms with Crippen molar-refractivity contribution in [3.05, 3.63) is 28.2 Å². The van der Waals surface area contributed by atoms with Gasteiger partial charge in [0.05, 0.1) is 5.69 Å². The van der Waals surface area contributed by atoms with E-state index in [1.165, 1.54) is 11.3 Å². The van der Waals surface area contributed by atoms with Gasteiger partial charge in [0, 0.05) is 44.4 Å². The summed E-state index contributed by atoms with van der Waals surface area (Å²) in [5.74, 6) is 0. The zero-order valence-corrected chi connectivity index (χ0v) is 14.0. The van der Waals surface area contributed by atoms with Crippen molar-refractivity contribution < 1.29 is 4.74 Å². The predicted octanol–water partition coefficient (Wildman–Crippen LogP) is 3.42. The Bertz CT molecular complexity index is 382. The molecule has 0 aliphatic rings. The SMILES string of the molecule is COCCCN(C)c1ccc(CNC(C)C)cc1Br. The van der Waals surface area contributed by atoms with Crippen LogP contribution >= 0.6 is 15.9 Å². The lowest BCUT2D eigenvalue weighted by atomic mass is 10.2. The molecule has 0 aromatic heterocycles. The molecule has 1 aromatic carbocycles. The normalized spacial score (nSPS) is 11.1. The number of nitrogens with one attached hydrogen (secondary N) is 1. The number of halogens is 1. The third-order valence-electron chi connectivity index (χ3n) is 2.98. The van der Waals surface area contributed by atoms with E-state index in [4.69, 9.17) is 4.74 Å². The molecule has 0 heterocycles. The fourth-order valence-corrected chi connectivity index (χ4v) is 2.59. The van der Waals surface area contributed by atoms with Crippen molar-refractivity contribution in [2.75, 3.05) is 32.2 Å². The highest BCUT2D eigenvalue weighted by molar-refractivity contribution is 9.10. The first kappa shape index (κ1) is 16.5. The molecular weight excluding hydrogens is 304 g/mol. The summed E-state index contributed by atoms with van der Waals surface area (Å²) in [6.07, 6.45) is 1.04. The monoisotopic (exact) mass is 328 g/mol. The molecule has 108 valence electrons. The molecule has 0 bridgehead atoms. The maximum atomic E-state index is 5.09. The van der Waals surface area contributed by atoms with Crippen LogP contribution in [0.2, 0.25) is 0 Å². The van der Waals surface area contributed by atoms with Crippen molar-refractivity contribution in [1.82, 2.24) is 5.32 Å². The standard InChI is InChI=1S/C15H25BrN2O/c1-12(2)17-11-13-6-7-15(14(16)10-13)18(3)8-5-9-19-4/h6-7,10,12,17H,5,8-9,11H2,1-4H3. The van der Waals surface area contributed by atoms with Crippen LogP contribution in [0.4, 0.5) is 5.69 Å². The zero-order valence-electron chi connectivity index (χ0n) is 12.4. The molecule has 0 saturated heterocycles. The van der Waals surface area contributed by atoms with Crippen molar-refractivity contribution in [1.29, 1.82) is 0 Å². The second kappa shape index (κ2) is 8.56. The summed E-state index contributed by atoms with van der Waals surface area (Å²) < 4.78 is 6.23. The van der Waals surface area contributed by atoms with Gasteiger partial charge in [-0.05, 0) is 40.0 Å². The van der Waals surface area contributed by atoms with E-state index in [1.807, 2.05) is 0 Å². The molecule has 0 aliphatic carbocycles. The van der Waals surface area contributed by atoms with Crippen LogP contribution in [0.5, 0.6) is 0 Å². The molecule has 1 aromatic rings. The minimum absolute atomic E-state index is 0.509. The van der Waals surface area contributed by atoms with Crippen molar-refractivity contribution >= 4 is 21.6 Å². The van der Waals surface area contributed by atoms with E-state index in [0.29, 0.717) is 6.04 Å². The Morgan fingerprint density at radius 1 is 1.37 bits per heavy atom. The van der Waals surface area contributed by atoms with E-state index < -0.39 is 0 Å². The molecule has 0 radical (unpaired) electrons. The van der Waals surface area contributed by atoms with Crippen LogP contribution in [-0.4, -0.2) is 33.4 Å². The van der Waals surface area contributed by atoms with Gasteiger partial charge in [0.1, 0.15) is 0 Å². The van der Waals surface area contributed by atoms with Crippen LogP contribution in [0, 0.1) is 0 Å². The third-order valence-corrected chi connectivity index (χ3v) is 3.61. The Hall–Kier alpha value is -0.580. The molecule has 1 rings (SSSR count). The first-order valence-electron chi connectivity index (χ1n) is 6.76. The summed E-state index contributed by atoms with van der Waals surface area (Å²) in [4.78, 5) is 2.25. The number of anilines is 1. The lowest BCUT2D eigenvalue weighted by molar-refractivity contribution is 0.196. The summed E-state index contributed by atoms with van der Waals surface area (Å²) in [7, 11) is 3.86. The molecule has 4 heteroatoms. The summed E-state index contributed by atoms with van der Waals surface area (Å²) >= 11 is 3.66. The van der Waals surface area contributed by atoms with Crippen LogP contribution < -0.4 is 10.2 Å².